The van der Waals surface area contributed by atoms with E-state index in [-0.39, 0.29) is 34.6 Å². The second-order valence-electron chi connectivity index (χ2n) is 5.54. The van der Waals surface area contributed by atoms with E-state index < -0.39 is 17.2 Å². The predicted molar refractivity (Wildman–Crippen MR) is 110 cm³/mol. The molecule has 2 rings (SSSR count). The summed E-state index contributed by atoms with van der Waals surface area (Å²) < 4.78 is 10.8. The van der Waals surface area contributed by atoms with Gasteiger partial charge in [0.15, 0.2) is 4.34 Å². The highest BCUT2D eigenvalue weighted by molar-refractivity contribution is 8.02. The van der Waals surface area contributed by atoms with Crippen molar-refractivity contribution in [1.29, 1.82) is 0 Å². The number of nitrogens with zero attached hydrogens (tertiary/aromatic N) is 2. The van der Waals surface area contributed by atoms with Gasteiger partial charge in [-0.3, -0.25) is 4.79 Å². The molecule has 8 nitrogen and oxygen atoms in total. The van der Waals surface area contributed by atoms with Crippen molar-refractivity contribution in [3.63, 3.8) is 0 Å². The first-order valence-corrected chi connectivity index (χ1v) is 11.0. The SMILES string of the molecule is CCOC(=O)c1sc(NC(=O)C(C)Sc2nnc(C)s2)c(C(=O)OCC)c1C. The van der Waals surface area contributed by atoms with Crippen molar-refractivity contribution < 1.29 is 23.9 Å². The van der Waals surface area contributed by atoms with Gasteiger partial charge in [-0.2, -0.15) is 0 Å². The molecule has 0 fully saturated rings. The Balaban J connectivity index is 2.26. The van der Waals surface area contributed by atoms with E-state index in [2.05, 4.69) is 15.5 Å². The Morgan fingerprint density at radius 1 is 1.07 bits per heavy atom. The first-order chi connectivity index (χ1) is 13.3. The molecular weight excluding hydrogens is 422 g/mol. The van der Waals surface area contributed by atoms with E-state index in [0.717, 1.165) is 16.3 Å². The summed E-state index contributed by atoms with van der Waals surface area (Å²) in [5.41, 5.74) is 0.601. The van der Waals surface area contributed by atoms with Gasteiger partial charge in [0.25, 0.3) is 0 Å². The Labute approximate surface area is 175 Å². The molecule has 28 heavy (non-hydrogen) atoms. The molecule has 2 heterocycles. The number of thioether (sulfide) groups is 1. The van der Waals surface area contributed by atoms with Crippen LogP contribution in [0.25, 0.3) is 0 Å². The van der Waals surface area contributed by atoms with Crippen LogP contribution in [-0.2, 0) is 14.3 Å². The van der Waals surface area contributed by atoms with Crippen molar-refractivity contribution in [2.75, 3.05) is 18.5 Å². The Kier molecular flexibility index (Phi) is 7.96. The maximum Gasteiger partial charge on any atom is 0.348 e. The number of aryl methyl sites for hydroxylation is 1. The van der Waals surface area contributed by atoms with E-state index in [9.17, 15) is 14.4 Å². The molecule has 0 spiro atoms. The highest BCUT2D eigenvalue weighted by Gasteiger charge is 2.28. The number of anilines is 1. The van der Waals surface area contributed by atoms with E-state index in [1.165, 1.54) is 23.1 Å². The largest absolute Gasteiger partial charge is 0.462 e. The minimum absolute atomic E-state index is 0.173. The fraction of sp³-hybridized carbons (Fsp3) is 0.471. The van der Waals surface area contributed by atoms with Gasteiger partial charge in [0.1, 0.15) is 14.9 Å². The van der Waals surface area contributed by atoms with Crippen LogP contribution in [0.4, 0.5) is 5.00 Å². The number of rotatable bonds is 8. The Morgan fingerprint density at radius 2 is 1.71 bits per heavy atom. The average Bonchev–Trinajstić information content (AvgIpc) is 3.18. The number of ether oxygens (including phenoxy) is 2. The van der Waals surface area contributed by atoms with Gasteiger partial charge < -0.3 is 14.8 Å². The molecule has 0 saturated carbocycles. The van der Waals surface area contributed by atoms with Crippen LogP contribution in [0.3, 0.4) is 0 Å². The number of carbonyl (C=O) groups excluding carboxylic acids is 3. The molecule has 0 bridgehead atoms. The first-order valence-electron chi connectivity index (χ1n) is 8.53. The molecule has 0 aliphatic rings. The fourth-order valence-electron chi connectivity index (χ4n) is 2.19. The van der Waals surface area contributed by atoms with Crippen molar-refractivity contribution in [3.05, 3.63) is 21.0 Å². The number of thiophene rings is 1. The second kappa shape index (κ2) is 9.99. The molecule has 2 aromatic heterocycles. The van der Waals surface area contributed by atoms with Crippen molar-refractivity contribution in [2.24, 2.45) is 0 Å². The van der Waals surface area contributed by atoms with E-state index in [1.807, 2.05) is 6.92 Å². The maximum atomic E-state index is 12.6. The Bertz CT molecular complexity index is 878. The number of hydrogen-bond donors (Lipinski definition) is 1. The lowest BCUT2D eigenvalue weighted by molar-refractivity contribution is -0.115. The highest BCUT2D eigenvalue weighted by atomic mass is 32.2. The van der Waals surface area contributed by atoms with Gasteiger partial charge >= 0.3 is 11.9 Å². The molecule has 1 amide bonds. The maximum absolute atomic E-state index is 12.6. The molecule has 0 saturated heterocycles. The molecular formula is C17H21N3O5S3. The molecule has 0 aromatic carbocycles. The summed E-state index contributed by atoms with van der Waals surface area (Å²) in [6.45, 7) is 8.97. The van der Waals surface area contributed by atoms with E-state index in [4.69, 9.17) is 9.47 Å². The third-order valence-electron chi connectivity index (χ3n) is 3.48. The van der Waals surface area contributed by atoms with E-state index in [0.29, 0.717) is 9.90 Å². The predicted octanol–water partition coefficient (Wildman–Crippen LogP) is 3.69. The number of nitrogens with one attached hydrogen (secondary N) is 1. The van der Waals surface area contributed by atoms with Crippen LogP contribution < -0.4 is 5.32 Å². The number of aromatic nitrogens is 2. The smallest absolute Gasteiger partial charge is 0.348 e. The zero-order valence-corrected chi connectivity index (χ0v) is 18.6. The number of amides is 1. The van der Waals surface area contributed by atoms with Crippen LogP contribution in [0.2, 0.25) is 0 Å². The molecule has 0 aliphatic carbocycles. The van der Waals surface area contributed by atoms with Gasteiger partial charge in [0, 0.05) is 0 Å². The van der Waals surface area contributed by atoms with Crippen molar-refractivity contribution in [1.82, 2.24) is 10.2 Å². The summed E-state index contributed by atoms with van der Waals surface area (Å²) in [6, 6.07) is 0. The van der Waals surface area contributed by atoms with Gasteiger partial charge in [0.2, 0.25) is 5.91 Å². The van der Waals surface area contributed by atoms with Crippen molar-refractivity contribution in [2.45, 2.75) is 44.2 Å². The normalized spacial score (nSPS) is 11.8. The monoisotopic (exact) mass is 443 g/mol. The minimum Gasteiger partial charge on any atom is -0.462 e. The molecule has 0 radical (unpaired) electrons. The van der Waals surface area contributed by atoms with E-state index in [1.54, 1.807) is 27.7 Å². The average molecular weight is 444 g/mol. The number of hydrogen-bond acceptors (Lipinski definition) is 10. The Morgan fingerprint density at radius 3 is 2.29 bits per heavy atom. The lowest BCUT2D eigenvalue weighted by Gasteiger charge is -2.10. The van der Waals surface area contributed by atoms with Crippen LogP contribution >= 0.6 is 34.4 Å². The number of carbonyl (C=O) groups is 3. The quantitative estimate of drug-likeness (QED) is 0.486. The van der Waals surface area contributed by atoms with Crippen LogP contribution in [-0.4, -0.2) is 46.5 Å². The van der Waals surface area contributed by atoms with Gasteiger partial charge in [-0.15, -0.1) is 21.5 Å². The van der Waals surface area contributed by atoms with Gasteiger partial charge in [0.05, 0.1) is 24.0 Å². The van der Waals surface area contributed by atoms with Gasteiger partial charge in [-0.05, 0) is 40.2 Å². The minimum atomic E-state index is -0.595. The standard InChI is InChI=1S/C17H21N3O5S3/c1-6-24-15(22)11-8(3)12(16(23)25-7-2)28-14(11)18-13(21)9(4)26-17-20-19-10(5)27-17/h9H,6-7H2,1-5H3,(H,18,21). The molecule has 11 heteroatoms. The van der Waals surface area contributed by atoms with Gasteiger partial charge in [-0.1, -0.05) is 23.1 Å². The second-order valence-corrected chi connectivity index (χ2v) is 9.33. The Hall–Kier alpha value is -1.98. The van der Waals surface area contributed by atoms with E-state index >= 15 is 0 Å². The van der Waals surface area contributed by atoms with Crippen molar-refractivity contribution >= 4 is 57.3 Å². The lowest BCUT2D eigenvalue weighted by atomic mass is 10.1. The molecule has 1 N–H and O–H groups in total. The zero-order valence-electron chi connectivity index (χ0n) is 16.2. The van der Waals surface area contributed by atoms with Crippen LogP contribution in [0.15, 0.2) is 4.34 Å². The van der Waals surface area contributed by atoms with Crippen molar-refractivity contribution in [3.8, 4) is 0 Å². The summed E-state index contributed by atoms with van der Waals surface area (Å²) in [4.78, 5) is 37.5. The molecule has 2 aromatic rings. The summed E-state index contributed by atoms with van der Waals surface area (Å²) >= 11 is 3.67. The third-order valence-corrected chi connectivity index (χ3v) is 6.69. The fourth-order valence-corrected chi connectivity index (χ4v) is 5.24. The third kappa shape index (κ3) is 5.30. The molecule has 152 valence electrons. The zero-order chi connectivity index (χ0) is 20.8. The highest BCUT2D eigenvalue weighted by Crippen LogP contribution is 2.35. The first kappa shape index (κ1) is 22.3. The number of esters is 2. The molecule has 0 aliphatic heterocycles. The lowest BCUT2D eigenvalue weighted by Crippen LogP contribution is -2.23. The van der Waals surface area contributed by atoms with Crippen LogP contribution in [0.5, 0.6) is 0 Å². The van der Waals surface area contributed by atoms with Crippen LogP contribution in [0.1, 0.15) is 51.4 Å². The topological polar surface area (TPSA) is 107 Å². The summed E-state index contributed by atoms with van der Waals surface area (Å²) in [7, 11) is 0. The van der Waals surface area contributed by atoms with Gasteiger partial charge in [-0.25, -0.2) is 9.59 Å². The summed E-state index contributed by atoms with van der Waals surface area (Å²) in [6.07, 6.45) is 0. The molecule has 1 unspecified atom stereocenters. The summed E-state index contributed by atoms with van der Waals surface area (Å²) in [5.74, 6) is -1.45. The molecule has 1 atom stereocenters. The summed E-state index contributed by atoms with van der Waals surface area (Å²) in [5, 5.41) is 11.3. The van der Waals surface area contributed by atoms with Crippen LogP contribution in [0, 0.1) is 13.8 Å².